The second-order valence-corrected chi connectivity index (χ2v) is 5.34. The molecule has 0 aromatic carbocycles. The van der Waals surface area contributed by atoms with Gasteiger partial charge < -0.3 is 5.32 Å². The van der Waals surface area contributed by atoms with Crippen LogP contribution in [0.4, 0.5) is 0 Å². The number of rotatable bonds is 8. The minimum Gasteiger partial charge on any atom is -0.314 e. The van der Waals surface area contributed by atoms with Gasteiger partial charge in [0, 0.05) is 28.8 Å². The van der Waals surface area contributed by atoms with Gasteiger partial charge in [-0.15, -0.1) is 0 Å². The monoisotopic (exact) mass is 298 g/mol. The van der Waals surface area contributed by atoms with E-state index in [4.69, 9.17) is 0 Å². The summed E-state index contributed by atoms with van der Waals surface area (Å²) < 4.78 is 1.05. The first-order valence-corrected chi connectivity index (χ1v) is 7.39. The van der Waals surface area contributed by atoms with Gasteiger partial charge in [-0.3, -0.25) is 4.98 Å². The SMILES string of the molecule is CCCCCC(Cc1ccc(Br)cn1)NCC. The fourth-order valence-corrected chi connectivity index (χ4v) is 2.22. The van der Waals surface area contributed by atoms with Crippen LogP contribution in [0.5, 0.6) is 0 Å². The van der Waals surface area contributed by atoms with E-state index in [1.807, 2.05) is 6.20 Å². The second kappa shape index (κ2) is 8.65. The quantitative estimate of drug-likeness (QED) is 0.735. The van der Waals surface area contributed by atoms with E-state index in [2.05, 4.69) is 52.2 Å². The summed E-state index contributed by atoms with van der Waals surface area (Å²) in [6.45, 7) is 5.45. The highest BCUT2D eigenvalue weighted by Crippen LogP contribution is 2.11. The summed E-state index contributed by atoms with van der Waals surface area (Å²) in [4.78, 5) is 4.44. The van der Waals surface area contributed by atoms with Crippen LogP contribution >= 0.6 is 15.9 Å². The average Bonchev–Trinajstić information content (AvgIpc) is 2.32. The second-order valence-electron chi connectivity index (χ2n) is 4.42. The molecule has 96 valence electrons. The van der Waals surface area contributed by atoms with Gasteiger partial charge in [-0.25, -0.2) is 0 Å². The smallest absolute Gasteiger partial charge is 0.0419 e. The van der Waals surface area contributed by atoms with Crippen molar-refractivity contribution in [2.24, 2.45) is 0 Å². The van der Waals surface area contributed by atoms with Crippen molar-refractivity contribution in [2.75, 3.05) is 6.54 Å². The molecule has 17 heavy (non-hydrogen) atoms. The molecular formula is C14H23BrN2. The van der Waals surface area contributed by atoms with E-state index in [0.717, 1.165) is 17.4 Å². The zero-order chi connectivity index (χ0) is 12.5. The van der Waals surface area contributed by atoms with Crippen LogP contribution in [0.1, 0.15) is 45.2 Å². The summed E-state index contributed by atoms with van der Waals surface area (Å²) in [7, 11) is 0. The summed E-state index contributed by atoms with van der Waals surface area (Å²) in [5.41, 5.74) is 1.18. The van der Waals surface area contributed by atoms with E-state index in [-0.39, 0.29) is 0 Å². The van der Waals surface area contributed by atoms with Crippen LogP contribution in [-0.4, -0.2) is 17.6 Å². The lowest BCUT2D eigenvalue weighted by atomic mass is 10.0. The summed E-state index contributed by atoms with van der Waals surface area (Å²) in [5, 5.41) is 3.55. The number of halogens is 1. The summed E-state index contributed by atoms with van der Waals surface area (Å²) >= 11 is 3.42. The van der Waals surface area contributed by atoms with Gasteiger partial charge in [0.15, 0.2) is 0 Å². The van der Waals surface area contributed by atoms with Gasteiger partial charge in [0.05, 0.1) is 0 Å². The van der Waals surface area contributed by atoms with E-state index in [0.29, 0.717) is 6.04 Å². The molecule has 1 aromatic rings. The molecule has 0 saturated heterocycles. The van der Waals surface area contributed by atoms with Gasteiger partial charge >= 0.3 is 0 Å². The number of nitrogens with one attached hydrogen (secondary N) is 1. The Morgan fingerprint density at radius 1 is 1.29 bits per heavy atom. The molecule has 1 rings (SSSR count). The number of hydrogen-bond acceptors (Lipinski definition) is 2. The Labute approximate surface area is 113 Å². The Morgan fingerprint density at radius 3 is 2.71 bits per heavy atom. The summed E-state index contributed by atoms with van der Waals surface area (Å²) in [6, 6.07) is 4.74. The van der Waals surface area contributed by atoms with Crippen LogP contribution in [0, 0.1) is 0 Å². The summed E-state index contributed by atoms with van der Waals surface area (Å²) in [5.74, 6) is 0. The van der Waals surface area contributed by atoms with Crippen LogP contribution in [0.25, 0.3) is 0 Å². The first kappa shape index (κ1) is 14.7. The van der Waals surface area contributed by atoms with Crippen LogP contribution in [-0.2, 0) is 6.42 Å². The molecule has 1 atom stereocenters. The molecule has 1 unspecified atom stereocenters. The molecule has 0 aliphatic carbocycles. The molecule has 2 nitrogen and oxygen atoms in total. The molecule has 0 amide bonds. The van der Waals surface area contributed by atoms with E-state index in [1.54, 1.807) is 0 Å². The predicted molar refractivity (Wildman–Crippen MR) is 77.2 cm³/mol. The first-order valence-electron chi connectivity index (χ1n) is 6.60. The van der Waals surface area contributed by atoms with E-state index in [1.165, 1.54) is 31.4 Å². The maximum Gasteiger partial charge on any atom is 0.0419 e. The van der Waals surface area contributed by atoms with Crippen LogP contribution in [0.15, 0.2) is 22.8 Å². The first-order chi connectivity index (χ1) is 8.26. The number of nitrogens with zero attached hydrogens (tertiary/aromatic N) is 1. The number of aromatic nitrogens is 1. The number of unbranched alkanes of at least 4 members (excludes halogenated alkanes) is 2. The molecular weight excluding hydrogens is 276 g/mol. The van der Waals surface area contributed by atoms with Crippen molar-refractivity contribution < 1.29 is 0 Å². The highest BCUT2D eigenvalue weighted by Gasteiger charge is 2.08. The molecule has 0 radical (unpaired) electrons. The van der Waals surface area contributed by atoms with Crippen LogP contribution in [0.2, 0.25) is 0 Å². The molecule has 0 aliphatic rings. The molecule has 1 heterocycles. The van der Waals surface area contributed by atoms with Crippen molar-refractivity contribution >= 4 is 15.9 Å². The minimum atomic E-state index is 0.570. The maximum absolute atomic E-state index is 4.44. The van der Waals surface area contributed by atoms with Crippen molar-refractivity contribution in [3.63, 3.8) is 0 Å². The number of likely N-dealkylation sites (N-methyl/N-ethyl adjacent to an activating group) is 1. The predicted octanol–water partition coefficient (Wildman–Crippen LogP) is 3.95. The van der Waals surface area contributed by atoms with Gasteiger partial charge in [-0.1, -0.05) is 33.1 Å². The molecule has 0 spiro atoms. The molecule has 0 saturated carbocycles. The average molecular weight is 299 g/mol. The topological polar surface area (TPSA) is 24.9 Å². The number of pyridine rings is 1. The third-order valence-electron chi connectivity index (χ3n) is 2.89. The van der Waals surface area contributed by atoms with Crippen molar-refractivity contribution in [3.05, 3.63) is 28.5 Å². The molecule has 0 bridgehead atoms. The normalized spacial score (nSPS) is 12.6. The van der Waals surface area contributed by atoms with Gasteiger partial charge in [-0.05, 0) is 41.0 Å². The fraction of sp³-hybridized carbons (Fsp3) is 0.643. The summed E-state index contributed by atoms with van der Waals surface area (Å²) in [6.07, 6.45) is 8.09. The highest BCUT2D eigenvalue weighted by atomic mass is 79.9. The van der Waals surface area contributed by atoms with E-state index >= 15 is 0 Å². The Balaban J connectivity index is 2.44. The third kappa shape index (κ3) is 6.18. The van der Waals surface area contributed by atoms with Gasteiger partial charge in [0.25, 0.3) is 0 Å². The van der Waals surface area contributed by atoms with Crippen molar-refractivity contribution in [2.45, 2.75) is 52.0 Å². The Bertz CT molecular complexity index is 298. The standard InChI is InChI=1S/C14H23BrN2/c1-3-5-6-7-13(16-4-2)10-14-9-8-12(15)11-17-14/h8-9,11,13,16H,3-7,10H2,1-2H3. The van der Waals surface area contributed by atoms with Crippen molar-refractivity contribution in [1.82, 2.24) is 10.3 Å². The third-order valence-corrected chi connectivity index (χ3v) is 3.36. The molecule has 0 fully saturated rings. The lowest BCUT2D eigenvalue weighted by Gasteiger charge is -2.17. The Morgan fingerprint density at radius 2 is 2.12 bits per heavy atom. The lowest BCUT2D eigenvalue weighted by Crippen LogP contribution is -2.31. The van der Waals surface area contributed by atoms with Crippen molar-refractivity contribution in [1.29, 1.82) is 0 Å². The van der Waals surface area contributed by atoms with E-state index in [9.17, 15) is 0 Å². The lowest BCUT2D eigenvalue weighted by molar-refractivity contribution is 0.463. The van der Waals surface area contributed by atoms with E-state index < -0.39 is 0 Å². The molecule has 1 aromatic heterocycles. The number of hydrogen-bond donors (Lipinski definition) is 1. The van der Waals surface area contributed by atoms with Gasteiger partial charge in [-0.2, -0.15) is 0 Å². The molecule has 0 aliphatic heterocycles. The van der Waals surface area contributed by atoms with Crippen molar-refractivity contribution in [3.8, 4) is 0 Å². The zero-order valence-electron chi connectivity index (χ0n) is 10.9. The molecule has 1 N–H and O–H groups in total. The minimum absolute atomic E-state index is 0.570. The van der Waals surface area contributed by atoms with Crippen LogP contribution in [0.3, 0.4) is 0 Å². The van der Waals surface area contributed by atoms with Crippen LogP contribution < -0.4 is 5.32 Å². The fourth-order valence-electron chi connectivity index (χ4n) is 1.99. The largest absolute Gasteiger partial charge is 0.314 e. The molecule has 3 heteroatoms. The zero-order valence-corrected chi connectivity index (χ0v) is 12.5. The van der Waals surface area contributed by atoms with Gasteiger partial charge in [0.1, 0.15) is 0 Å². The maximum atomic E-state index is 4.44. The Hall–Kier alpha value is -0.410. The van der Waals surface area contributed by atoms with Gasteiger partial charge in [0.2, 0.25) is 0 Å². The Kier molecular flexibility index (Phi) is 7.45. The highest BCUT2D eigenvalue weighted by molar-refractivity contribution is 9.10.